The van der Waals surface area contributed by atoms with Crippen LogP contribution < -0.4 is 20.5 Å². The molecule has 5 atom stereocenters. The molecule has 4 aromatic rings. The van der Waals surface area contributed by atoms with Crippen molar-refractivity contribution in [2.75, 3.05) is 44.9 Å². The van der Waals surface area contributed by atoms with Crippen molar-refractivity contribution in [3.8, 4) is 22.9 Å². The lowest BCUT2D eigenvalue weighted by atomic mass is 9.93. The van der Waals surface area contributed by atoms with E-state index in [4.69, 9.17) is 19.4 Å². The molecule has 2 aromatic carbocycles. The first kappa shape index (κ1) is 30.2. The number of piperazine rings is 1. The number of phenolic OH excluding ortho intramolecular Hbond substituents is 1. The molecule has 2 N–H and O–H groups in total. The monoisotopic (exact) mass is 658 g/mol. The zero-order chi connectivity index (χ0) is 32.7. The molecule has 0 spiro atoms. The number of aryl methyl sites for hydroxylation is 1. The highest BCUT2D eigenvalue weighted by Crippen LogP contribution is 2.43. The molecular formula is C36H40F2N6O4. The van der Waals surface area contributed by atoms with Crippen molar-refractivity contribution in [2.24, 2.45) is 0 Å². The molecule has 4 fully saturated rings. The van der Waals surface area contributed by atoms with Gasteiger partial charge in [0.1, 0.15) is 29.6 Å². The number of fused-ring (bicyclic) bond motifs is 7. The largest absolute Gasteiger partial charge is 0.508 e. The first-order chi connectivity index (χ1) is 23.3. The van der Waals surface area contributed by atoms with E-state index < -0.39 is 23.1 Å². The van der Waals surface area contributed by atoms with E-state index in [0.29, 0.717) is 73.2 Å². The third kappa shape index (κ3) is 4.63. The number of aromatic hydroxyl groups is 1. The summed E-state index contributed by atoms with van der Waals surface area (Å²) in [5.41, 5.74) is 0.531. The number of anilines is 1. The minimum absolute atomic E-state index is 0.0116. The van der Waals surface area contributed by atoms with Crippen molar-refractivity contribution in [3.05, 3.63) is 52.1 Å². The molecule has 2 aromatic heterocycles. The number of nitrogens with one attached hydrogen (secondary N) is 1. The summed E-state index contributed by atoms with van der Waals surface area (Å²) in [6.07, 6.45) is 4.57. The fraction of sp³-hybridized carbons (Fsp3) is 0.528. The summed E-state index contributed by atoms with van der Waals surface area (Å²) in [5, 5.41) is 16.0. The number of ether oxygens (including phenoxy) is 2. The Hall–Kier alpha value is -3.87. The molecule has 252 valence electrons. The Labute approximate surface area is 276 Å². The summed E-state index contributed by atoms with van der Waals surface area (Å²) in [7, 11) is 1.62. The summed E-state index contributed by atoms with van der Waals surface area (Å²) in [4.78, 5) is 28.6. The van der Waals surface area contributed by atoms with Crippen molar-refractivity contribution in [2.45, 2.75) is 81.3 Å². The first-order valence-electron chi connectivity index (χ1n) is 17.3. The topological polar surface area (TPSA) is 105 Å². The lowest BCUT2D eigenvalue weighted by Gasteiger charge is -2.41. The highest BCUT2D eigenvalue weighted by atomic mass is 19.1. The second kappa shape index (κ2) is 11.3. The molecule has 10 nitrogen and oxygen atoms in total. The fourth-order valence-electron chi connectivity index (χ4n) is 9.49. The minimum Gasteiger partial charge on any atom is -0.508 e. The smallest absolute Gasteiger partial charge is 0.319 e. The van der Waals surface area contributed by atoms with Crippen LogP contribution in [0.2, 0.25) is 0 Å². The van der Waals surface area contributed by atoms with E-state index >= 15 is 4.39 Å². The zero-order valence-electron chi connectivity index (χ0n) is 27.1. The maximum Gasteiger partial charge on any atom is 0.319 e. The Balaban J connectivity index is 1.25. The van der Waals surface area contributed by atoms with Gasteiger partial charge in [0.05, 0.1) is 17.7 Å². The Morgan fingerprint density at radius 3 is 2.92 bits per heavy atom. The predicted molar refractivity (Wildman–Crippen MR) is 178 cm³/mol. The molecule has 7 heterocycles. The molecule has 0 saturated carbocycles. The van der Waals surface area contributed by atoms with E-state index in [-0.39, 0.29) is 47.6 Å². The van der Waals surface area contributed by atoms with Gasteiger partial charge >= 0.3 is 6.01 Å². The molecule has 5 aliphatic heterocycles. The normalized spacial score (nSPS) is 27.9. The van der Waals surface area contributed by atoms with Gasteiger partial charge in [-0.15, -0.1) is 0 Å². The van der Waals surface area contributed by atoms with Crippen LogP contribution in [0.15, 0.2) is 35.1 Å². The number of benzene rings is 2. The number of alkyl halides is 1. The van der Waals surface area contributed by atoms with Gasteiger partial charge in [-0.2, -0.15) is 9.97 Å². The molecule has 48 heavy (non-hydrogen) atoms. The van der Waals surface area contributed by atoms with Crippen LogP contribution in [0.1, 0.15) is 44.1 Å². The van der Waals surface area contributed by atoms with Crippen molar-refractivity contribution in [1.29, 1.82) is 0 Å². The molecule has 4 saturated heterocycles. The van der Waals surface area contributed by atoms with Crippen LogP contribution >= 0.6 is 0 Å². The quantitative estimate of drug-likeness (QED) is 0.301. The van der Waals surface area contributed by atoms with E-state index in [1.54, 1.807) is 17.7 Å². The first-order valence-corrected chi connectivity index (χ1v) is 17.3. The molecule has 0 aliphatic carbocycles. The summed E-state index contributed by atoms with van der Waals surface area (Å²) in [6, 6.07) is 9.38. The zero-order valence-corrected chi connectivity index (χ0v) is 27.1. The van der Waals surface area contributed by atoms with Crippen LogP contribution in [0.3, 0.4) is 0 Å². The van der Waals surface area contributed by atoms with Crippen molar-refractivity contribution < 1.29 is 23.4 Å². The number of rotatable bonds is 7. The van der Waals surface area contributed by atoms with Crippen LogP contribution in [0.5, 0.6) is 11.8 Å². The van der Waals surface area contributed by atoms with Crippen LogP contribution in [-0.2, 0) is 17.7 Å². The lowest BCUT2D eigenvalue weighted by molar-refractivity contribution is 0.107. The molecule has 12 heteroatoms. The van der Waals surface area contributed by atoms with Gasteiger partial charge in [0.2, 0.25) is 0 Å². The van der Waals surface area contributed by atoms with Crippen LogP contribution in [0.4, 0.5) is 14.6 Å². The number of pyridine rings is 1. The maximum atomic E-state index is 17.3. The van der Waals surface area contributed by atoms with Crippen molar-refractivity contribution >= 4 is 27.6 Å². The van der Waals surface area contributed by atoms with Crippen molar-refractivity contribution in [3.63, 3.8) is 0 Å². The lowest BCUT2D eigenvalue weighted by Crippen LogP contribution is -2.58. The van der Waals surface area contributed by atoms with Crippen molar-refractivity contribution in [1.82, 2.24) is 24.8 Å². The maximum absolute atomic E-state index is 17.3. The fourth-order valence-corrected chi connectivity index (χ4v) is 9.49. The van der Waals surface area contributed by atoms with Gasteiger partial charge in [0.25, 0.3) is 5.56 Å². The minimum atomic E-state index is -0.909. The summed E-state index contributed by atoms with van der Waals surface area (Å²) in [5.74, 6) is -0.323. The van der Waals surface area contributed by atoms with Crippen LogP contribution in [0.25, 0.3) is 32.9 Å². The van der Waals surface area contributed by atoms with Gasteiger partial charge in [0, 0.05) is 56.9 Å². The van der Waals surface area contributed by atoms with Crippen LogP contribution in [0, 0.1) is 5.82 Å². The second-order valence-corrected chi connectivity index (χ2v) is 14.3. The number of aromatic nitrogens is 3. The Morgan fingerprint density at radius 1 is 1.15 bits per heavy atom. The number of phenols is 1. The van der Waals surface area contributed by atoms with Crippen LogP contribution in [-0.4, -0.2) is 94.3 Å². The van der Waals surface area contributed by atoms with E-state index in [9.17, 15) is 14.3 Å². The Morgan fingerprint density at radius 2 is 2.04 bits per heavy atom. The molecule has 0 radical (unpaired) electrons. The second-order valence-electron chi connectivity index (χ2n) is 14.3. The average Bonchev–Trinajstić information content (AvgIpc) is 3.70. The Bertz CT molecular complexity index is 2010. The van der Waals surface area contributed by atoms with Gasteiger partial charge < -0.3 is 29.4 Å². The molecule has 5 aliphatic rings. The van der Waals surface area contributed by atoms with Gasteiger partial charge in [-0.3, -0.25) is 9.69 Å². The van der Waals surface area contributed by atoms with E-state index in [2.05, 4.69) is 15.1 Å². The van der Waals surface area contributed by atoms with Gasteiger partial charge in [0.15, 0.2) is 11.6 Å². The number of hydrogen-bond acceptors (Lipinski definition) is 9. The number of nitrogens with zero attached hydrogens (tertiary/aromatic N) is 5. The number of halogens is 2. The molecule has 3 unspecified atom stereocenters. The highest BCUT2D eigenvalue weighted by Gasteiger charge is 2.50. The average molecular weight is 659 g/mol. The predicted octanol–water partition coefficient (Wildman–Crippen LogP) is 4.31. The van der Waals surface area contributed by atoms with Gasteiger partial charge in [-0.05, 0) is 73.5 Å². The standard InChI is InChI=1S/C36H40F2N6O4/c1-47-13-9-20-4-2-5-21-14-24(45)15-25(28(20)21)29-30(38)31-32-33(41-35(40-31)48-19-36-10-3-11-42(36)17-22(37)16-36)44-18-23-6-7-26(39-23)27(44)8-12-43(32)34(29)46/h2,4-5,14-15,22-23,26-27,39,45H,3,6-13,16-19H2,1H3/t22-,23?,26?,27?,36+/m1/s1. The third-order valence-electron chi connectivity index (χ3n) is 11.6. The summed E-state index contributed by atoms with van der Waals surface area (Å²) in [6.45, 7) is 2.93. The SMILES string of the molecule is COCCc1cccc2cc(O)cc(-c3c(F)c4nc(OC[C@@]56CCCN5C[C@H](F)C6)nc5c4n(c3=O)CCC3C4CCC(CN53)N4)c12. The molecular weight excluding hydrogens is 618 g/mol. The van der Waals surface area contributed by atoms with E-state index in [1.165, 1.54) is 6.07 Å². The third-order valence-corrected chi connectivity index (χ3v) is 11.6. The number of hydrogen-bond donors (Lipinski definition) is 2. The molecule has 9 rings (SSSR count). The summed E-state index contributed by atoms with van der Waals surface area (Å²) >= 11 is 0. The summed E-state index contributed by atoms with van der Waals surface area (Å²) < 4.78 is 45.3. The van der Waals surface area contributed by atoms with E-state index in [0.717, 1.165) is 37.8 Å². The van der Waals surface area contributed by atoms with Gasteiger partial charge in [-0.1, -0.05) is 18.2 Å². The van der Waals surface area contributed by atoms with Gasteiger partial charge in [-0.25, -0.2) is 8.78 Å². The highest BCUT2D eigenvalue weighted by molar-refractivity contribution is 6.02. The Kier molecular flexibility index (Phi) is 7.14. The number of methoxy groups -OCH3 is 1. The molecule has 0 amide bonds. The molecule has 2 bridgehead atoms. The van der Waals surface area contributed by atoms with E-state index in [1.807, 2.05) is 18.2 Å².